The predicted molar refractivity (Wildman–Crippen MR) is 91.0 cm³/mol. The molecule has 2 fully saturated rings. The summed E-state index contributed by atoms with van der Waals surface area (Å²) in [5, 5.41) is 11.1. The smallest absolute Gasteiger partial charge is 0.169 e. The van der Waals surface area contributed by atoms with E-state index in [1.165, 1.54) is 11.1 Å². The zero-order chi connectivity index (χ0) is 16.7. The largest absolute Gasteiger partial charge is 0.497 e. The first-order valence-electron chi connectivity index (χ1n) is 9.08. The Labute approximate surface area is 142 Å². The second kappa shape index (κ2) is 4.32. The summed E-state index contributed by atoms with van der Waals surface area (Å²) in [6.07, 6.45) is 8.64. The molecule has 4 aliphatic carbocycles. The monoisotopic (exact) mass is 324 g/mol. The number of ketones is 1. The van der Waals surface area contributed by atoms with E-state index in [1.54, 1.807) is 7.11 Å². The first-order chi connectivity index (χ1) is 11.5. The number of methoxy groups -OCH3 is 1. The Morgan fingerprint density at radius 3 is 2.83 bits per heavy atom. The molecule has 0 spiro atoms. The van der Waals surface area contributed by atoms with Crippen molar-refractivity contribution in [2.24, 2.45) is 16.7 Å². The van der Waals surface area contributed by atoms with Gasteiger partial charge in [0.2, 0.25) is 0 Å². The highest BCUT2D eigenvalue weighted by Gasteiger charge is 2.74. The number of aliphatic hydroxyl groups is 1. The van der Waals surface area contributed by atoms with Gasteiger partial charge in [0.15, 0.2) is 5.78 Å². The van der Waals surface area contributed by atoms with E-state index in [0.717, 1.165) is 31.4 Å². The Morgan fingerprint density at radius 1 is 1.25 bits per heavy atom. The summed E-state index contributed by atoms with van der Waals surface area (Å²) in [5.41, 5.74) is 1.14. The van der Waals surface area contributed by atoms with Crippen molar-refractivity contribution in [3.8, 4) is 5.75 Å². The zero-order valence-corrected chi connectivity index (χ0v) is 14.3. The molecular formula is C21H24O3. The maximum Gasteiger partial charge on any atom is 0.169 e. The molecule has 126 valence electrons. The van der Waals surface area contributed by atoms with Gasteiger partial charge in [-0.05, 0) is 66.9 Å². The van der Waals surface area contributed by atoms with Crippen molar-refractivity contribution in [1.29, 1.82) is 0 Å². The van der Waals surface area contributed by atoms with Crippen LogP contribution in [0, 0.1) is 16.7 Å². The summed E-state index contributed by atoms with van der Waals surface area (Å²) in [6, 6.07) is 6.47. The number of fused-ring (bicyclic) bond motifs is 3. The van der Waals surface area contributed by atoms with E-state index >= 15 is 0 Å². The van der Waals surface area contributed by atoms with Gasteiger partial charge in [-0.25, -0.2) is 0 Å². The molecule has 1 N–H and O–H groups in total. The molecule has 2 saturated carbocycles. The molecule has 1 aromatic carbocycles. The number of carbonyl (C=O) groups is 1. The molecule has 1 aromatic rings. The maximum absolute atomic E-state index is 12.6. The minimum absolute atomic E-state index is 0.0358. The highest BCUT2D eigenvalue weighted by Crippen LogP contribution is 2.73. The van der Waals surface area contributed by atoms with Crippen LogP contribution in [0.5, 0.6) is 5.75 Å². The van der Waals surface area contributed by atoms with Crippen molar-refractivity contribution in [2.75, 3.05) is 7.11 Å². The average Bonchev–Trinajstić information content (AvgIpc) is 2.93. The summed E-state index contributed by atoms with van der Waals surface area (Å²) < 4.78 is 5.39. The number of ether oxygens (including phenoxy) is 1. The van der Waals surface area contributed by atoms with Crippen LogP contribution in [-0.2, 0) is 11.2 Å². The highest BCUT2D eigenvalue weighted by atomic mass is 16.5. The Hall–Kier alpha value is -1.61. The van der Waals surface area contributed by atoms with Gasteiger partial charge < -0.3 is 9.84 Å². The van der Waals surface area contributed by atoms with Gasteiger partial charge in [0.05, 0.1) is 7.11 Å². The fourth-order valence-electron chi connectivity index (χ4n) is 6.57. The van der Waals surface area contributed by atoms with E-state index in [4.69, 9.17) is 4.74 Å². The number of allylic oxidation sites excluding steroid dienone is 1. The number of hydrogen-bond acceptors (Lipinski definition) is 3. The van der Waals surface area contributed by atoms with E-state index in [-0.39, 0.29) is 16.6 Å². The zero-order valence-electron chi connectivity index (χ0n) is 14.3. The topological polar surface area (TPSA) is 46.5 Å². The lowest BCUT2D eigenvalue weighted by Crippen LogP contribution is -2.53. The molecule has 3 heteroatoms. The van der Waals surface area contributed by atoms with E-state index < -0.39 is 5.60 Å². The van der Waals surface area contributed by atoms with Crippen LogP contribution in [0.3, 0.4) is 0 Å². The minimum atomic E-state index is -1.22. The van der Waals surface area contributed by atoms with Crippen LogP contribution in [0.25, 0.3) is 0 Å². The third-order valence-corrected chi connectivity index (χ3v) is 7.95. The molecule has 0 heterocycles. The first kappa shape index (κ1) is 14.7. The fourth-order valence-corrected chi connectivity index (χ4v) is 6.57. The Balaban J connectivity index is 1.62. The second-order valence-electron chi connectivity index (χ2n) is 8.43. The number of hydrogen-bond donors (Lipinski definition) is 1. The Morgan fingerprint density at radius 2 is 2.08 bits per heavy atom. The molecule has 0 saturated heterocycles. The molecule has 2 bridgehead atoms. The van der Waals surface area contributed by atoms with Crippen LogP contribution >= 0.6 is 0 Å². The van der Waals surface area contributed by atoms with E-state index in [0.29, 0.717) is 18.3 Å². The van der Waals surface area contributed by atoms with Crippen LogP contribution in [0.1, 0.15) is 49.7 Å². The predicted octanol–water partition coefficient (Wildman–Crippen LogP) is 3.40. The molecule has 3 nitrogen and oxygen atoms in total. The summed E-state index contributed by atoms with van der Waals surface area (Å²) in [5.74, 6) is 1.91. The van der Waals surface area contributed by atoms with Gasteiger partial charge in [0, 0.05) is 17.3 Å². The van der Waals surface area contributed by atoms with Crippen LogP contribution in [0.15, 0.2) is 30.4 Å². The van der Waals surface area contributed by atoms with Crippen LogP contribution in [0.4, 0.5) is 0 Å². The van der Waals surface area contributed by atoms with Gasteiger partial charge in [-0.3, -0.25) is 4.79 Å². The molecule has 2 unspecified atom stereocenters. The molecule has 0 aliphatic heterocycles. The summed E-state index contributed by atoms with van der Waals surface area (Å²) >= 11 is 0. The van der Waals surface area contributed by atoms with Crippen LogP contribution in [0.2, 0.25) is 0 Å². The number of aryl methyl sites for hydroxylation is 1. The van der Waals surface area contributed by atoms with Gasteiger partial charge >= 0.3 is 0 Å². The van der Waals surface area contributed by atoms with E-state index in [9.17, 15) is 9.90 Å². The molecule has 0 radical (unpaired) electrons. The standard InChI is InChI=1S/C21H24O3/c1-19-8-7-16-15-5-4-14(24-2)11-13(15)3-6-17(16)20(19)9-10-21(19,23)18(22)12-20/h4-5,9-11,16-17,23H,3,6-8,12H2,1-2H3/t16?,17?,19-,20-,21-/m0/s1. The minimum Gasteiger partial charge on any atom is -0.497 e. The third-order valence-electron chi connectivity index (χ3n) is 7.95. The molecule has 0 amide bonds. The van der Waals surface area contributed by atoms with E-state index in [2.05, 4.69) is 31.2 Å². The van der Waals surface area contributed by atoms with Gasteiger partial charge in [0.1, 0.15) is 11.4 Å². The summed E-state index contributed by atoms with van der Waals surface area (Å²) in [4.78, 5) is 12.6. The molecular weight excluding hydrogens is 300 g/mol. The van der Waals surface area contributed by atoms with Gasteiger partial charge in [-0.1, -0.05) is 19.1 Å². The van der Waals surface area contributed by atoms with Crippen molar-refractivity contribution in [2.45, 2.75) is 50.5 Å². The fraction of sp³-hybridized carbons (Fsp3) is 0.571. The number of rotatable bonds is 1. The lowest BCUT2D eigenvalue weighted by Gasteiger charge is -2.55. The third kappa shape index (κ3) is 1.39. The molecule has 5 atom stereocenters. The normalized spacial score (nSPS) is 44.9. The van der Waals surface area contributed by atoms with E-state index in [1.807, 2.05) is 6.08 Å². The molecule has 5 rings (SSSR count). The number of Topliss-reactive ketones (excluding diaryl/α,β-unsaturated/α-hetero) is 1. The molecule has 24 heavy (non-hydrogen) atoms. The van der Waals surface area contributed by atoms with Crippen molar-refractivity contribution in [3.05, 3.63) is 41.5 Å². The lowest BCUT2D eigenvalue weighted by molar-refractivity contribution is -0.138. The van der Waals surface area contributed by atoms with Crippen LogP contribution in [-0.4, -0.2) is 23.6 Å². The second-order valence-corrected chi connectivity index (χ2v) is 8.43. The summed E-state index contributed by atoms with van der Waals surface area (Å²) in [7, 11) is 1.71. The lowest BCUT2D eigenvalue weighted by atomic mass is 9.48. The van der Waals surface area contributed by atoms with Crippen molar-refractivity contribution in [3.63, 3.8) is 0 Å². The maximum atomic E-state index is 12.6. The quantitative estimate of drug-likeness (QED) is 0.805. The Kier molecular flexibility index (Phi) is 2.65. The molecule has 4 aliphatic rings. The van der Waals surface area contributed by atoms with Crippen molar-refractivity contribution < 1.29 is 14.6 Å². The summed E-state index contributed by atoms with van der Waals surface area (Å²) in [6.45, 7) is 2.15. The van der Waals surface area contributed by atoms with Crippen molar-refractivity contribution >= 4 is 5.78 Å². The average molecular weight is 324 g/mol. The van der Waals surface area contributed by atoms with Gasteiger partial charge in [-0.15, -0.1) is 0 Å². The number of benzene rings is 1. The first-order valence-corrected chi connectivity index (χ1v) is 9.08. The SMILES string of the molecule is COc1ccc2c(c1)CCC1C2CC[C@@]2(C)[C@]13C=C[C@]2(O)C(=O)C3. The number of carbonyl (C=O) groups excluding carboxylic acids is 1. The Bertz CT molecular complexity index is 781. The molecule has 0 aromatic heterocycles. The highest BCUT2D eigenvalue weighted by molar-refractivity contribution is 5.96. The van der Waals surface area contributed by atoms with Crippen LogP contribution < -0.4 is 4.74 Å². The van der Waals surface area contributed by atoms with Crippen molar-refractivity contribution in [1.82, 2.24) is 0 Å². The van der Waals surface area contributed by atoms with Gasteiger partial charge in [0.25, 0.3) is 0 Å². The van der Waals surface area contributed by atoms with Gasteiger partial charge in [-0.2, -0.15) is 0 Å².